The molecule has 0 aromatic rings. The highest BCUT2D eigenvalue weighted by Crippen LogP contribution is 2.21. The number of hydrogen-bond donors (Lipinski definition) is 2. The van der Waals surface area contributed by atoms with Gasteiger partial charge in [-0.3, -0.25) is 4.79 Å². The van der Waals surface area contributed by atoms with E-state index in [9.17, 15) is 4.79 Å². The summed E-state index contributed by atoms with van der Waals surface area (Å²) in [5, 5.41) is 2.89. The molecule has 0 spiro atoms. The first-order chi connectivity index (χ1) is 7.89. The summed E-state index contributed by atoms with van der Waals surface area (Å²) in [6.07, 6.45) is 3.56. The lowest BCUT2D eigenvalue weighted by Gasteiger charge is -2.17. The molecule has 0 aromatic heterocycles. The SMILES string of the molecule is COC(CN)CC(=O)NCCCCC(C)(C)C. The molecule has 4 nitrogen and oxygen atoms in total. The van der Waals surface area contributed by atoms with Gasteiger partial charge in [-0.25, -0.2) is 0 Å². The van der Waals surface area contributed by atoms with Gasteiger partial charge in [0.15, 0.2) is 0 Å². The lowest BCUT2D eigenvalue weighted by Crippen LogP contribution is -2.32. The van der Waals surface area contributed by atoms with Crippen molar-refractivity contribution in [1.82, 2.24) is 5.32 Å². The Labute approximate surface area is 105 Å². The molecule has 0 radical (unpaired) electrons. The van der Waals surface area contributed by atoms with E-state index in [0.717, 1.165) is 19.4 Å². The Kier molecular flexibility index (Phi) is 8.17. The maximum Gasteiger partial charge on any atom is 0.222 e. The fraction of sp³-hybridized carbons (Fsp3) is 0.923. The Balaban J connectivity index is 3.52. The van der Waals surface area contributed by atoms with Gasteiger partial charge in [0.1, 0.15) is 0 Å². The van der Waals surface area contributed by atoms with Crippen molar-refractivity contribution in [2.45, 2.75) is 52.6 Å². The van der Waals surface area contributed by atoms with Gasteiger partial charge in [0.05, 0.1) is 12.5 Å². The number of ether oxygens (including phenoxy) is 1. The zero-order chi connectivity index (χ0) is 13.3. The number of nitrogens with two attached hydrogens (primary N) is 1. The van der Waals surface area contributed by atoms with Crippen LogP contribution < -0.4 is 11.1 Å². The van der Waals surface area contributed by atoms with E-state index in [4.69, 9.17) is 10.5 Å². The van der Waals surface area contributed by atoms with Crippen LogP contribution in [-0.2, 0) is 9.53 Å². The van der Waals surface area contributed by atoms with Gasteiger partial charge in [-0.2, -0.15) is 0 Å². The highest BCUT2D eigenvalue weighted by Gasteiger charge is 2.11. The standard InChI is InChI=1S/C13H28N2O2/c1-13(2,3)7-5-6-8-15-12(16)9-11(10-14)17-4/h11H,5-10,14H2,1-4H3,(H,15,16). The molecule has 0 heterocycles. The number of carbonyl (C=O) groups is 1. The number of unbranched alkanes of at least 4 members (excludes halogenated alkanes) is 1. The van der Waals surface area contributed by atoms with Crippen LogP contribution in [0.5, 0.6) is 0 Å². The summed E-state index contributed by atoms with van der Waals surface area (Å²) in [5.74, 6) is 0.0260. The lowest BCUT2D eigenvalue weighted by molar-refractivity contribution is -0.123. The van der Waals surface area contributed by atoms with Crippen LogP contribution in [0.25, 0.3) is 0 Å². The number of nitrogens with one attached hydrogen (secondary N) is 1. The molecule has 0 fully saturated rings. The number of rotatable bonds is 8. The third-order valence-electron chi connectivity index (χ3n) is 2.69. The Hall–Kier alpha value is -0.610. The zero-order valence-corrected chi connectivity index (χ0v) is 11.7. The summed E-state index contributed by atoms with van der Waals surface area (Å²) in [5.41, 5.74) is 5.83. The number of carbonyl (C=O) groups excluding carboxylic acids is 1. The molecule has 0 rings (SSSR count). The van der Waals surface area contributed by atoms with Crippen molar-refractivity contribution in [2.24, 2.45) is 11.1 Å². The quantitative estimate of drug-likeness (QED) is 0.639. The van der Waals surface area contributed by atoms with Crippen LogP contribution in [0.15, 0.2) is 0 Å². The predicted molar refractivity (Wildman–Crippen MR) is 70.8 cm³/mol. The van der Waals surface area contributed by atoms with Crippen molar-refractivity contribution >= 4 is 5.91 Å². The zero-order valence-electron chi connectivity index (χ0n) is 11.7. The van der Waals surface area contributed by atoms with E-state index in [1.54, 1.807) is 7.11 Å². The highest BCUT2D eigenvalue weighted by atomic mass is 16.5. The third kappa shape index (κ3) is 10.3. The molecule has 0 saturated carbocycles. The molecule has 1 unspecified atom stereocenters. The van der Waals surface area contributed by atoms with Crippen molar-refractivity contribution in [1.29, 1.82) is 0 Å². The molecule has 0 aliphatic heterocycles. The molecule has 102 valence electrons. The summed E-state index contributed by atoms with van der Waals surface area (Å²) < 4.78 is 5.06. The van der Waals surface area contributed by atoms with Gasteiger partial charge < -0.3 is 15.8 Å². The van der Waals surface area contributed by atoms with Crippen LogP contribution in [0.1, 0.15) is 46.5 Å². The first kappa shape index (κ1) is 16.4. The highest BCUT2D eigenvalue weighted by molar-refractivity contribution is 5.76. The van der Waals surface area contributed by atoms with Crippen LogP contribution in [0.3, 0.4) is 0 Å². The van der Waals surface area contributed by atoms with Crippen LogP contribution in [0.4, 0.5) is 0 Å². The van der Waals surface area contributed by atoms with Crippen molar-refractivity contribution in [2.75, 3.05) is 20.2 Å². The van der Waals surface area contributed by atoms with E-state index < -0.39 is 0 Å². The van der Waals surface area contributed by atoms with Gasteiger partial charge in [0.25, 0.3) is 0 Å². The minimum atomic E-state index is -0.162. The second-order valence-corrected chi connectivity index (χ2v) is 5.67. The smallest absolute Gasteiger partial charge is 0.222 e. The van der Waals surface area contributed by atoms with E-state index in [1.807, 2.05) is 0 Å². The number of methoxy groups -OCH3 is 1. The van der Waals surface area contributed by atoms with Crippen LogP contribution in [0, 0.1) is 5.41 Å². The number of amides is 1. The van der Waals surface area contributed by atoms with E-state index in [0.29, 0.717) is 18.4 Å². The van der Waals surface area contributed by atoms with Gasteiger partial charge in [0, 0.05) is 20.2 Å². The van der Waals surface area contributed by atoms with Gasteiger partial charge in [-0.1, -0.05) is 27.2 Å². The Morgan fingerprint density at radius 2 is 2.00 bits per heavy atom. The fourth-order valence-electron chi connectivity index (χ4n) is 1.55. The van der Waals surface area contributed by atoms with Crippen LogP contribution >= 0.6 is 0 Å². The molecular formula is C13H28N2O2. The topological polar surface area (TPSA) is 64.3 Å². The molecule has 17 heavy (non-hydrogen) atoms. The van der Waals surface area contributed by atoms with E-state index in [2.05, 4.69) is 26.1 Å². The Morgan fingerprint density at radius 1 is 1.35 bits per heavy atom. The second-order valence-electron chi connectivity index (χ2n) is 5.67. The molecule has 0 saturated heterocycles. The third-order valence-corrected chi connectivity index (χ3v) is 2.69. The average Bonchev–Trinajstić information content (AvgIpc) is 2.23. The fourth-order valence-corrected chi connectivity index (χ4v) is 1.55. The first-order valence-corrected chi connectivity index (χ1v) is 6.38. The summed E-state index contributed by atoms with van der Waals surface area (Å²) in [7, 11) is 1.58. The first-order valence-electron chi connectivity index (χ1n) is 6.38. The Bertz CT molecular complexity index is 208. The normalized spacial score (nSPS) is 13.5. The summed E-state index contributed by atoms with van der Waals surface area (Å²) in [6, 6.07) is 0. The molecule has 3 N–H and O–H groups in total. The van der Waals surface area contributed by atoms with E-state index in [1.165, 1.54) is 6.42 Å². The average molecular weight is 244 g/mol. The molecule has 0 aliphatic rings. The van der Waals surface area contributed by atoms with E-state index in [-0.39, 0.29) is 12.0 Å². The predicted octanol–water partition coefficient (Wildman–Crippen LogP) is 1.68. The molecule has 1 amide bonds. The van der Waals surface area contributed by atoms with Crippen molar-refractivity contribution in [3.05, 3.63) is 0 Å². The molecule has 4 heteroatoms. The minimum Gasteiger partial charge on any atom is -0.380 e. The minimum absolute atomic E-state index is 0.0260. The largest absolute Gasteiger partial charge is 0.380 e. The van der Waals surface area contributed by atoms with Crippen molar-refractivity contribution in [3.63, 3.8) is 0 Å². The van der Waals surface area contributed by atoms with Gasteiger partial charge >= 0.3 is 0 Å². The summed E-state index contributed by atoms with van der Waals surface area (Å²) in [6.45, 7) is 7.83. The lowest BCUT2D eigenvalue weighted by atomic mass is 9.90. The van der Waals surface area contributed by atoms with Gasteiger partial charge in [0.2, 0.25) is 5.91 Å². The molecule has 0 aliphatic carbocycles. The summed E-state index contributed by atoms with van der Waals surface area (Å²) in [4.78, 5) is 11.5. The molecular weight excluding hydrogens is 216 g/mol. The maximum absolute atomic E-state index is 11.5. The Morgan fingerprint density at radius 3 is 2.47 bits per heavy atom. The van der Waals surface area contributed by atoms with Crippen LogP contribution in [-0.4, -0.2) is 32.2 Å². The molecule has 0 aromatic carbocycles. The van der Waals surface area contributed by atoms with Crippen molar-refractivity contribution < 1.29 is 9.53 Å². The van der Waals surface area contributed by atoms with Gasteiger partial charge in [-0.15, -0.1) is 0 Å². The monoisotopic (exact) mass is 244 g/mol. The van der Waals surface area contributed by atoms with Crippen molar-refractivity contribution in [3.8, 4) is 0 Å². The van der Waals surface area contributed by atoms with E-state index >= 15 is 0 Å². The van der Waals surface area contributed by atoms with Crippen LogP contribution in [0.2, 0.25) is 0 Å². The number of hydrogen-bond acceptors (Lipinski definition) is 3. The second kappa shape index (κ2) is 8.48. The molecule has 1 atom stereocenters. The maximum atomic E-state index is 11.5. The van der Waals surface area contributed by atoms with Gasteiger partial charge in [-0.05, 0) is 18.3 Å². The summed E-state index contributed by atoms with van der Waals surface area (Å²) >= 11 is 0. The molecule has 0 bridgehead atoms.